The highest BCUT2D eigenvalue weighted by Gasteiger charge is 2.44. The summed E-state index contributed by atoms with van der Waals surface area (Å²) < 4.78 is 16.7. The topological polar surface area (TPSA) is 77.0 Å². The van der Waals surface area contributed by atoms with E-state index in [9.17, 15) is 9.90 Å². The molecule has 2 N–H and O–H groups in total. The van der Waals surface area contributed by atoms with E-state index in [0.29, 0.717) is 28.4 Å². The van der Waals surface area contributed by atoms with E-state index in [4.69, 9.17) is 14.2 Å². The van der Waals surface area contributed by atoms with Crippen molar-refractivity contribution >= 4 is 6.09 Å². The maximum Gasteiger partial charge on any atom is 0.408 e. The van der Waals surface area contributed by atoms with E-state index in [-0.39, 0.29) is 6.61 Å². The number of benzene rings is 2. The Morgan fingerprint density at radius 1 is 1.15 bits per heavy atom. The Morgan fingerprint density at radius 3 is 2.50 bits per heavy atom. The summed E-state index contributed by atoms with van der Waals surface area (Å²) in [6.07, 6.45) is -0.620. The minimum atomic E-state index is -1.18. The Balaban J connectivity index is 2.12. The number of hydrogen-bond donors (Lipinski definition) is 2. The number of fused-ring (bicyclic) bond motifs is 2. The van der Waals surface area contributed by atoms with E-state index in [1.807, 2.05) is 18.2 Å². The van der Waals surface area contributed by atoms with E-state index in [2.05, 4.69) is 5.32 Å². The average molecular weight is 357 g/mol. The van der Waals surface area contributed by atoms with Gasteiger partial charge in [-0.05, 0) is 39.0 Å². The zero-order valence-electron chi connectivity index (χ0n) is 15.3. The summed E-state index contributed by atoms with van der Waals surface area (Å²) in [5, 5.41) is 13.2. The van der Waals surface area contributed by atoms with Crippen molar-refractivity contribution in [2.45, 2.75) is 31.9 Å². The number of para-hydroxylation sites is 1. The molecular weight excluding hydrogens is 334 g/mol. The van der Waals surface area contributed by atoms with Crippen LogP contribution in [-0.4, -0.2) is 30.5 Å². The highest BCUT2D eigenvalue weighted by Crippen LogP contribution is 2.47. The molecule has 1 aliphatic rings. The second kappa shape index (κ2) is 6.53. The summed E-state index contributed by atoms with van der Waals surface area (Å²) in [6.45, 7) is 5.00. The van der Waals surface area contributed by atoms with Crippen molar-refractivity contribution in [2.75, 3.05) is 13.7 Å². The summed E-state index contributed by atoms with van der Waals surface area (Å²) in [4.78, 5) is 12.5. The molecular formula is C20H23NO5. The lowest BCUT2D eigenvalue weighted by Gasteiger charge is -2.39. The van der Waals surface area contributed by atoms with E-state index >= 15 is 0 Å². The fourth-order valence-electron chi connectivity index (χ4n) is 3.06. The van der Waals surface area contributed by atoms with Gasteiger partial charge in [0.25, 0.3) is 0 Å². The van der Waals surface area contributed by atoms with Gasteiger partial charge in [-0.25, -0.2) is 4.79 Å². The number of carbonyl (C=O) groups excluding carboxylic acids is 1. The first kappa shape index (κ1) is 18.1. The van der Waals surface area contributed by atoms with Gasteiger partial charge in [-0.15, -0.1) is 0 Å². The van der Waals surface area contributed by atoms with Crippen LogP contribution in [0.3, 0.4) is 0 Å². The third-order valence-electron chi connectivity index (χ3n) is 4.17. The molecule has 1 heterocycles. The number of nitrogens with one attached hydrogen (secondary N) is 1. The molecule has 26 heavy (non-hydrogen) atoms. The van der Waals surface area contributed by atoms with Crippen LogP contribution in [0.2, 0.25) is 0 Å². The van der Waals surface area contributed by atoms with Crippen molar-refractivity contribution in [3.63, 3.8) is 0 Å². The van der Waals surface area contributed by atoms with Crippen LogP contribution in [0.5, 0.6) is 17.2 Å². The van der Waals surface area contributed by atoms with Crippen molar-refractivity contribution in [1.29, 1.82) is 0 Å². The van der Waals surface area contributed by atoms with E-state index in [1.54, 1.807) is 52.1 Å². The molecule has 138 valence electrons. The Morgan fingerprint density at radius 2 is 1.85 bits per heavy atom. The van der Waals surface area contributed by atoms with Gasteiger partial charge in [0.15, 0.2) is 0 Å². The summed E-state index contributed by atoms with van der Waals surface area (Å²) >= 11 is 0. The van der Waals surface area contributed by atoms with Crippen LogP contribution in [0.4, 0.5) is 4.79 Å². The molecule has 0 radical (unpaired) electrons. The van der Waals surface area contributed by atoms with Gasteiger partial charge in [-0.2, -0.15) is 0 Å². The lowest BCUT2D eigenvalue weighted by Crippen LogP contribution is -2.52. The number of alkyl carbamates (subject to hydrolysis) is 1. The normalized spacial score (nSPS) is 18.2. The minimum absolute atomic E-state index is 0.355. The van der Waals surface area contributed by atoms with Gasteiger partial charge >= 0.3 is 6.09 Å². The van der Waals surface area contributed by atoms with E-state index in [1.165, 1.54) is 0 Å². The number of aliphatic hydroxyl groups is 1. The van der Waals surface area contributed by atoms with E-state index in [0.717, 1.165) is 0 Å². The number of methoxy groups -OCH3 is 1. The number of amides is 1. The molecule has 2 aromatic carbocycles. The standard InChI is InChI=1S/C20H23NO5/c1-19(2,3)26-18(23)21-20(12-22)14-7-5-6-8-16(14)25-17-11-13(24-4)9-10-15(17)20/h5-11,22H,12H2,1-4H3,(H,21,23). The lowest BCUT2D eigenvalue weighted by molar-refractivity contribution is 0.0422. The molecule has 3 rings (SSSR count). The molecule has 1 amide bonds. The summed E-state index contributed by atoms with van der Waals surface area (Å²) in [7, 11) is 1.57. The molecule has 6 nitrogen and oxygen atoms in total. The minimum Gasteiger partial charge on any atom is -0.497 e. The van der Waals surface area contributed by atoms with Crippen LogP contribution in [-0.2, 0) is 10.3 Å². The van der Waals surface area contributed by atoms with Crippen molar-refractivity contribution in [1.82, 2.24) is 5.32 Å². The van der Waals surface area contributed by atoms with E-state index < -0.39 is 17.2 Å². The first-order valence-corrected chi connectivity index (χ1v) is 8.37. The number of aliphatic hydroxyl groups excluding tert-OH is 1. The van der Waals surface area contributed by atoms with Gasteiger partial charge in [0.2, 0.25) is 0 Å². The van der Waals surface area contributed by atoms with Gasteiger partial charge in [0, 0.05) is 17.2 Å². The van der Waals surface area contributed by atoms with Gasteiger partial charge in [0.05, 0.1) is 13.7 Å². The fraction of sp³-hybridized carbons (Fsp3) is 0.350. The quantitative estimate of drug-likeness (QED) is 0.878. The molecule has 0 bridgehead atoms. The van der Waals surface area contributed by atoms with Crippen molar-refractivity contribution in [3.8, 4) is 17.2 Å². The monoisotopic (exact) mass is 357 g/mol. The second-order valence-corrected chi connectivity index (χ2v) is 7.15. The van der Waals surface area contributed by atoms with Gasteiger partial charge in [-0.3, -0.25) is 0 Å². The molecule has 0 saturated carbocycles. The summed E-state index contributed by atoms with van der Waals surface area (Å²) in [6, 6.07) is 12.5. The number of rotatable bonds is 3. The molecule has 0 aliphatic carbocycles. The molecule has 0 spiro atoms. The molecule has 0 aromatic heterocycles. The van der Waals surface area contributed by atoms with Crippen LogP contribution < -0.4 is 14.8 Å². The van der Waals surface area contributed by atoms with Crippen molar-refractivity contribution < 1.29 is 24.1 Å². The van der Waals surface area contributed by atoms with Crippen LogP contribution in [0.25, 0.3) is 0 Å². The van der Waals surface area contributed by atoms with Crippen LogP contribution in [0.15, 0.2) is 42.5 Å². The molecule has 1 aliphatic heterocycles. The zero-order valence-corrected chi connectivity index (χ0v) is 15.3. The summed E-state index contributed by atoms with van der Waals surface area (Å²) in [5.74, 6) is 1.68. The largest absolute Gasteiger partial charge is 0.497 e. The Labute approximate surface area is 152 Å². The average Bonchev–Trinajstić information content (AvgIpc) is 2.59. The third kappa shape index (κ3) is 3.20. The SMILES string of the molecule is COc1ccc2c(c1)Oc1ccccc1C2(CO)NC(=O)OC(C)(C)C. The lowest BCUT2D eigenvalue weighted by atomic mass is 9.80. The van der Waals surface area contributed by atoms with Gasteiger partial charge < -0.3 is 24.6 Å². The summed E-state index contributed by atoms with van der Waals surface area (Å²) in [5.41, 5.74) is -0.552. The highest BCUT2D eigenvalue weighted by molar-refractivity contribution is 5.72. The fourth-order valence-corrected chi connectivity index (χ4v) is 3.06. The third-order valence-corrected chi connectivity index (χ3v) is 4.17. The smallest absolute Gasteiger partial charge is 0.408 e. The maximum atomic E-state index is 12.5. The second-order valence-electron chi connectivity index (χ2n) is 7.15. The number of carbonyl (C=O) groups is 1. The molecule has 0 fully saturated rings. The Bertz CT molecular complexity index is 827. The van der Waals surface area contributed by atoms with Crippen LogP contribution in [0, 0.1) is 0 Å². The highest BCUT2D eigenvalue weighted by atomic mass is 16.6. The molecule has 1 unspecified atom stereocenters. The van der Waals surface area contributed by atoms with Crippen LogP contribution in [0.1, 0.15) is 31.9 Å². The first-order valence-electron chi connectivity index (χ1n) is 8.37. The first-order chi connectivity index (χ1) is 12.3. The number of hydrogen-bond acceptors (Lipinski definition) is 5. The molecule has 0 saturated heterocycles. The Kier molecular flexibility index (Phi) is 4.54. The van der Waals surface area contributed by atoms with Gasteiger partial charge in [-0.1, -0.05) is 18.2 Å². The zero-order chi connectivity index (χ0) is 18.9. The van der Waals surface area contributed by atoms with Crippen LogP contribution >= 0.6 is 0 Å². The Hall–Kier alpha value is -2.73. The number of ether oxygens (including phenoxy) is 3. The molecule has 2 aromatic rings. The van der Waals surface area contributed by atoms with Gasteiger partial charge in [0.1, 0.15) is 28.4 Å². The molecule has 1 atom stereocenters. The predicted molar refractivity (Wildman–Crippen MR) is 96.7 cm³/mol. The molecule has 6 heteroatoms. The van der Waals surface area contributed by atoms with Crippen molar-refractivity contribution in [3.05, 3.63) is 53.6 Å². The van der Waals surface area contributed by atoms with Crippen molar-refractivity contribution in [2.24, 2.45) is 0 Å². The predicted octanol–water partition coefficient (Wildman–Crippen LogP) is 3.56. The maximum absolute atomic E-state index is 12.5.